The molecule has 0 bridgehead atoms. The fourth-order valence-corrected chi connectivity index (χ4v) is 2.73. The van der Waals surface area contributed by atoms with E-state index in [0.29, 0.717) is 10.0 Å². The van der Waals surface area contributed by atoms with Gasteiger partial charge in [0.2, 0.25) is 0 Å². The predicted octanol–water partition coefficient (Wildman–Crippen LogP) is 2.89. The highest BCUT2D eigenvalue weighted by Crippen LogP contribution is 2.32. The molecule has 1 aromatic rings. The van der Waals surface area contributed by atoms with E-state index in [1.165, 1.54) is 0 Å². The zero-order valence-electron chi connectivity index (χ0n) is 11.1. The molecule has 1 N–H and O–H groups in total. The summed E-state index contributed by atoms with van der Waals surface area (Å²) in [7, 11) is 0. The molecule has 1 aliphatic rings. The zero-order valence-corrected chi connectivity index (χ0v) is 12.7. The van der Waals surface area contributed by atoms with Gasteiger partial charge in [0, 0.05) is 32.7 Å². The highest BCUT2D eigenvalue weighted by Gasteiger charge is 2.19. The standard InChI is InChI=1S/C14H20Cl2N2O/c1-11(19)5-6-17-7-9-18(10-8-17)13-4-2-3-12(15)14(13)16/h2-4,11,19H,5-10H2,1H3. The van der Waals surface area contributed by atoms with Crippen LogP contribution in [0.1, 0.15) is 13.3 Å². The minimum atomic E-state index is -0.222. The van der Waals surface area contributed by atoms with E-state index < -0.39 is 0 Å². The number of anilines is 1. The Hall–Kier alpha value is -0.480. The van der Waals surface area contributed by atoms with Crippen molar-refractivity contribution >= 4 is 28.9 Å². The topological polar surface area (TPSA) is 26.7 Å². The molecule has 0 saturated carbocycles. The molecule has 0 radical (unpaired) electrons. The van der Waals surface area contributed by atoms with Gasteiger partial charge in [-0.25, -0.2) is 0 Å². The highest BCUT2D eigenvalue weighted by atomic mass is 35.5. The van der Waals surface area contributed by atoms with Crippen LogP contribution in [0.15, 0.2) is 18.2 Å². The van der Waals surface area contributed by atoms with E-state index in [2.05, 4.69) is 9.80 Å². The van der Waals surface area contributed by atoms with Gasteiger partial charge in [-0.05, 0) is 25.5 Å². The second-order valence-corrected chi connectivity index (χ2v) is 5.82. The lowest BCUT2D eigenvalue weighted by atomic mass is 10.2. The van der Waals surface area contributed by atoms with Crippen LogP contribution >= 0.6 is 23.2 Å². The Bertz CT molecular complexity index is 418. The van der Waals surface area contributed by atoms with Gasteiger partial charge in [0.15, 0.2) is 0 Å². The smallest absolute Gasteiger partial charge is 0.0825 e. The van der Waals surface area contributed by atoms with Crippen LogP contribution in [0.2, 0.25) is 10.0 Å². The first-order chi connectivity index (χ1) is 9.08. The van der Waals surface area contributed by atoms with Gasteiger partial charge in [-0.3, -0.25) is 4.90 Å². The number of rotatable bonds is 4. The van der Waals surface area contributed by atoms with E-state index in [1.807, 2.05) is 25.1 Å². The van der Waals surface area contributed by atoms with Gasteiger partial charge in [0.25, 0.3) is 0 Å². The van der Waals surface area contributed by atoms with Gasteiger partial charge in [0.05, 0.1) is 21.8 Å². The van der Waals surface area contributed by atoms with Crippen molar-refractivity contribution in [2.24, 2.45) is 0 Å². The summed E-state index contributed by atoms with van der Waals surface area (Å²) in [6.45, 7) is 6.67. The SMILES string of the molecule is CC(O)CCN1CCN(c2cccc(Cl)c2Cl)CC1. The monoisotopic (exact) mass is 302 g/mol. The summed E-state index contributed by atoms with van der Waals surface area (Å²) in [6, 6.07) is 5.76. The molecule has 1 aliphatic heterocycles. The molecule has 2 rings (SSSR count). The number of benzene rings is 1. The first kappa shape index (κ1) is 14.9. The molecule has 3 nitrogen and oxygen atoms in total. The van der Waals surface area contributed by atoms with E-state index >= 15 is 0 Å². The van der Waals surface area contributed by atoms with Gasteiger partial charge >= 0.3 is 0 Å². The molecule has 5 heteroatoms. The van der Waals surface area contributed by atoms with E-state index in [1.54, 1.807) is 0 Å². The van der Waals surface area contributed by atoms with Crippen LogP contribution in [0, 0.1) is 0 Å². The zero-order chi connectivity index (χ0) is 13.8. The summed E-state index contributed by atoms with van der Waals surface area (Å²) in [5.41, 5.74) is 1.02. The molecule has 1 heterocycles. The Balaban J connectivity index is 1.91. The lowest BCUT2D eigenvalue weighted by Gasteiger charge is -2.36. The van der Waals surface area contributed by atoms with E-state index in [-0.39, 0.29) is 6.10 Å². The van der Waals surface area contributed by atoms with Crippen LogP contribution in [0.25, 0.3) is 0 Å². The number of halogens is 2. The molecule has 19 heavy (non-hydrogen) atoms. The molecule has 0 amide bonds. The van der Waals surface area contributed by atoms with Crippen LogP contribution in [0.5, 0.6) is 0 Å². The van der Waals surface area contributed by atoms with Gasteiger partial charge in [0.1, 0.15) is 0 Å². The van der Waals surface area contributed by atoms with Crippen LogP contribution in [0.3, 0.4) is 0 Å². The largest absolute Gasteiger partial charge is 0.393 e. The Morgan fingerprint density at radius 2 is 1.89 bits per heavy atom. The fraction of sp³-hybridized carbons (Fsp3) is 0.571. The fourth-order valence-electron chi connectivity index (χ4n) is 2.32. The van der Waals surface area contributed by atoms with E-state index in [0.717, 1.165) is 44.8 Å². The second-order valence-electron chi connectivity index (χ2n) is 5.04. The van der Waals surface area contributed by atoms with Crippen LogP contribution in [-0.2, 0) is 0 Å². The Morgan fingerprint density at radius 3 is 2.53 bits per heavy atom. The van der Waals surface area contributed by atoms with Gasteiger partial charge in [-0.1, -0.05) is 29.3 Å². The van der Waals surface area contributed by atoms with E-state index in [4.69, 9.17) is 23.2 Å². The molecule has 1 unspecified atom stereocenters. The van der Waals surface area contributed by atoms with Crippen molar-refractivity contribution in [2.75, 3.05) is 37.6 Å². The van der Waals surface area contributed by atoms with Crippen LogP contribution in [0.4, 0.5) is 5.69 Å². The number of piperazine rings is 1. The van der Waals surface area contributed by atoms with Crippen molar-refractivity contribution in [2.45, 2.75) is 19.4 Å². The highest BCUT2D eigenvalue weighted by molar-refractivity contribution is 6.43. The molecular weight excluding hydrogens is 283 g/mol. The molecule has 106 valence electrons. The van der Waals surface area contributed by atoms with Crippen molar-refractivity contribution in [3.05, 3.63) is 28.2 Å². The number of aliphatic hydroxyl groups is 1. The first-order valence-corrected chi connectivity index (χ1v) is 7.43. The van der Waals surface area contributed by atoms with Crippen molar-refractivity contribution in [1.29, 1.82) is 0 Å². The summed E-state index contributed by atoms with van der Waals surface area (Å²) in [4.78, 5) is 4.65. The Kier molecular flexibility index (Phi) is 5.34. The number of aliphatic hydroxyl groups excluding tert-OH is 1. The molecule has 0 aliphatic carbocycles. The molecule has 0 aromatic heterocycles. The third-order valence-electron chi connectivity index (χ3n) is 3.51. The van der Waals surface area contributed by atoms with Crippen molar-refractivity contribution in [1.82, 2.24) is 4.90 Å². The van der Waals surface area contributed by atoms with E-state index in [9.17, 15) is 5.11 Å². The summed E-state index contributed by atoms with van der Waals surface area (Å²) in [6.07, 6.45) is 0.609. The quantitative estimate of drug-likeness (QED) is 0.926. The van der Waals surface area contributed by atoms with Gasteiger partial charge in [-0.2, -0.15) is 0 Å². The molecule has 1 aromatic carbocycles. The average Bonchev–Trinajstić information content (AvgIpc) is 2.40. The third kappa shape index (κ3) is 3.99. The summed E-state index contributed by atoms with van der Waals surface area (Å²) in [5, 5.41) is 10.6. The summed E-state index contributed by atoms with van der Waals surface area (Å²) >= 11 is 12.3. The average molecular weight is 303 g/mol. The molecule has 1 fully saturated rings. The molecular formula is C14H20Cl2N2O. The summed E-state index contributed by atoms with van der Waals surface area (Å²) < 4.78 is 0. The van der Waals surface area contributed by atoms with Crippen LogP contribution in [-0.4, -0.2) is 48.8 Å². The molecule has 1 saturated heterocycles. The van der Waals surface area contributed by atoms with Gasteiger partial charge < -0.3 is 10.0 Å². The van der Waals surface area contributed by atoms with Gasteiger partial charge in [-0.15, -0.1) is 0 Å². The molecule has 1 atom stereocenters. The van der Waals surface area contributed by atoms with Crippen molar-refractivity contribution < 1.29 is 5.11 Å². The first-order valence-electron chi connectivity index (χ1n) is 6.67. The van der Waals surface area contributed by atoms with Crippen molar-refractivity contribution in [3.63, 3.8) is 0 Å². The molecule has 0 spiro atoms. The third-order valence-corrected chi connectivity index (χ3v) is 4.32. The second kappa shape index (κ2) is 6.80. The lowest BCUT2D eigenvalue weighted by molar-refractivity contribution is 0.153. The predicted molar refractivity (Wildman–Crippen MR) is 81.4 cm³/mol. The number of nitrogens with zero attached hydrogens (tertiary/aromatic N) is 2. The van der Waals surface area contributed by atoms with Crippen LogP contribution < -0.4 is 4.90 Å². The maximum atomic E-state index is 9.31. The Morgan fingerprint density at radius 1 is 1.21 bits per heavy atom. The Labute approximate surface area is 124 Å². The minimum absolute atomic E-state index is 0.222. The van der Waals surface area contributed by atoms with Crippen molar-refractivity contribution in [3.8, 4) is 0 Å². The number of hydrogen-bond donors (Lipinski definition) is 1. The maximum Gasteiger partial charge on any atom is 0.0825 e. The maximum absolute atomic E-state index is 9.31. The number of hydrogen-bond acceptors (Lipinski definition) is 3. The summed E-state index contributed by atoms with van der Waals surface area (Å²) in [5.74, 6) is 0. The minimum Gasteiger partial charge on any atom is -0.393 e. The normalized spacial score (nSPS) is 18.6. The lowest BCUT2D eigenvalue weighted by Crippen LogP contribution is -2.47.